The van der Waals surface area contributed by atoms with Gasteiger partial charge in [0.15, 0.2) is 0 Å². The van der Waals surface area contributed by atoms with E-state index in [9.17, 15) is 14.4 Å². The summed E-state index contributed by atoms with van der Waals surface area (Å²) in [5, 5.41) is 12.4. The largest absolute Gasteiger partial charge is 0.481 e. The number of aliphatic carboxylic acids is 1. The number of nitrogens with one attached hydrogen (secondary N) is 1. The molecular weight excluding hydrogens is 611 g/mol. The van der Waals surface area contributed by atoms with Crippen molar-refractivity contribution in [1.82, 2.24) is 15.1 Å². The fourth-order valence-corrected chi connectivity index (χ4v) is 6.77. The highest BCUT2D eigenvalue weighted by molar-refractivity contribution is 6.47. The van der Waals surface area contributed by atoms with Crippen LogP contribution >= 0.6 is 23.2 Å². The molecule has 2 heterocycles. The minimum absolute atomic E-state index is 0.00343. The van der Waals surface area contributed by atoms with Crippen LogP contribution in [0.15, 0.2) is 47.5 Å². The number of amides is 2. The summed E-state index contributed by atoms with van der Waals surface area (Å²) < 4.78 is 0. The molecule has 2 amide bonds. The first-order valence-electron chi connectivity index (χ1n) is 15.7. The first-order valence-corrected chi connectivity index (χ1v) is 16.5. The van der Waals surface area contributed by atoms with E-state index >= 15 is 0 Å². The van der Waals surface area contributed by atoms with Crippen LogP contribution in [-0.4, -0.2) is 69.2 Å². The van der Waals surface area contributed by atoms with Gasteiger partial charge in [0.05, 0.1) is 18.9 Å². The third-order valence-electron chi connectivity index (χ3n) is 8.71. The zero-order chi connectivity index (χ0) is 33.2. The Labute approximate surface area is 277 Å². The molecule has 1 unspecified atom stereocenters. The van der Waals surface area contributed by atoms with Crippen LogP contribution in [0.4, 0.5) is 0 Å². The summed E-state index contributed by atoms with van der Waals surface area (Å²) in [5.74, 6) is -1.31. The molecule has 1 atom stereocenters. The molecular formula is C35H46Cl2N4O4. The second-order valence-corrected chi connectivity index (χ2v) is 15.3. The standard InChI is InChI=1S/C35H46Cl2N4O4/c1-33(2,3)13-11-28(24-9-7-23(8-10-24)19-29(42)38-16-12-30(43)44)41-32(45)31(25-20-26(36)22-27(37)21-25)39-35(41)14-17-40(18-15-35)34(4,5)6/h7-10,20-22,28H,11-19H2,1-6H3,(H,38,42)(H,43,44). The van der Waals surface area contributed by atoms with Gasteiger partial charge in [-0.05, 0) is 68.4 Å². The molecule has 2 aromatic carbocycles. The van der Waals surface area contributed by atoms with Gasteiger partial charge in [-0.3, -0.25) is 24.3 Å². The zero-order valence-corrected chi connectivity index (χ0v) is 28.8. The maximum absolute atomic E-state index is 14.6. The Morgan fingerprint density at radius 3 is 2.13 bits per heavy atom. The van der Waals surface area contributed by atoms with Crippen LogP contribution in [0.25, 0.3) is 0 Å². The molecule has 0 aromatic heterocycles. The van der Waals surface area contributed by atoms with Crippen LogP contribution in [0.5, 0.6) is 0 Å². The molecule has 1 spiro atoms. The molecule has 1 saturated heterocycles. The number of benzene rings is 2. The third-order valence-corrected chi connectivity index (χ3v) is 9.14. The number of piperidine rings is 1. The fraction of sp³-hybridized carbons (Fsp3) is 0.543. The Hall–Kier alpha value is -2.94. The molecule has 2 aromatic rings. The minimum atomic E-state index is -0.954. The lowest BCUT2D eigenvalue weighted by Gasteiger charge is -2.49. The van der Waals surface area contributed by atoms with E-state index in [-0.39, 0.29) is 48.2 Å². The molecule has 1 fully saturated rings. The number of carboxylic acids is 1. The highest BCUT2D eigenvalue weighted by Gasteiger charge is 2.52. The summed E-state index contributed by atoms with van der Waals surface area (Å²) in [5.41, 5.74) is 2.14. The molecule has 45 heavy (non-hydrogen) atoms. The van der Waals surface area contributed by atoms with E-state index in [1.165, 1.54) is 0 Å². The molecule has 0 saturated carbocycles. The lowest BCUT2D eigenvalue weighted by atomic mass is 9.84. The molecule has 2 aliphatic heterocycles. The van der Waals surface area contributed by atoms with Crippen molar-refractivity contribution in [3.8, 4) is 0 Å². The summed E-state index contributed by atoms with van der Waals surface area (Å²) >= 11 is 12.8. The monoisotopic (exact) mass is 656 g/mol. The highest BCUT2D eigenvalue weighted by atomic mass is 35.5. The predicted octanol–water partition coefficient (Wildman–Crippen LogP) is 6.92. The SMILES string of the molecule is CC(C)(C)CCC(c1ccc(CC(=O)NCCC(=O)O)cc1)N1C(=O)C(c2cc(Cl)cc(Cl)c2)=NC12CCN(C(C)(C)C)CC2. The van der Waals surface area contributed by atoms with Crippen LogP contribution < -0.4 is 5.32 Å². The Kier molecular flexibility index (Phi) is 10.7. The quantitative estimate of drug-likeness (QED) is 0.289. The van der Waals surface area contributed by atoms with E-state index in [2.05, 4.69) is 51.8 Å². The second kappa shape index (κ2) is 13.8. The van der Waals surface area contributed by atoms with Crippen LogP contribution in [0.3, 0.4) is 0 Å². The van der Waals surface area contributed by atoms with Crippen molar-refractivity contribution < 1.29 is 19.5 Å². The number of carboxylic acid groups (broad SMARTS) is 1. The van der Waals surface area contributed by atoms with E-state index in [4.69, 9.17) is 33.3 Å². The Morgan fingerprint density at radius 1 is 1.00 bits per heavy atom. The summed E-state index contributed by atoms with van der Waals surface area (Å²) in [7, 11) is 0. The van der Waals surface area contributed by atoms with Crippen LogP contribution in [0.1, 0.15) is 96.4 Å². The Morgan fingerprint density at radius 2 is 1.60 bits per heavy atom. The molecule has 0 radical (unpaired) electrons. The molecule has 4 rings (SSSR count). The third kappa shape index (κ3) is 8.87. The average molecular weight is 658 g/mol. The van der Waals surface area contributed by atoms with Crippen molar-refractivity contribution in [2.24, 2.45) is 10.4 Å². The first-order chi connectivity index (χ1) is 21.0. The van der Waals surface area contributed by atoms with E-state index in [0.29, 0.717) is 34.2 Å². The average Bonchev–Trinajstić information content (AvgIpc) is 3.19. The van der Waals surface area contributed by atoms with Gasteiger partial charge in [-0.25, -0.2) is 0 Å². The molecule has 0 bridgehead atoms. The normalized spacial score (nSPS) is 17.8. The maximum atomic E-state index is 14.6. The summed E-state index contributed by atoms with van der Waals surface area (Å²) in [6.45, 7) is 15.0. The Bertz CT molecular complexity index is 1410. The Balaban J connectivity index is 1.70. The van der Waals surface area contributed by atoms with E-state index in [1.807, 2.05) is 29.2 Å². The van der Waals surface area contributed by atoms with E-state index in [1.54, 1.807) is 18.2 Å². The van der Waals surface area contributed by atoms with Crippen molar-refractivity contribution in [1.29, 1.82) is 0 Å². The van der Waals surface area contributed by atoms with Gasteiger partial charge in [-0.1, -0.05) is 68.2 Å². The molecule has 2 N–H and O–H groups in total. The van der Waals surface area contributed by atoms with E-state index in [0.717, 1.165) is 37.1 Å². The van der Waals surface area contributed by atoms with Gasteiger partial charge in [0.25, 0.3) is 5.91 Å². The first kappa shape index (κ1) is 34.9. The van der Waals surface area contributed by atoms with Gasteiger partial charge in [0, 0.05) is 53.6 Å². The van der Waals surface area contributed by atoms with E-state index < -0.39 is 11.6 Å². The fourth-order valence-electron chi connectivity index (χ4n) is 6.24. The number of aliphatic imine (C=N–C) groups is 1. The van der Waals surface area contributed by atoms with Gasteiger partial charge >= 0.3 is 5.97 Å². The number of rotatable bonds is 10. The summed E-state index contributed by atoms with van der Waals surface area (Å²) in [4.78, 5) is 47.5. The van der Waals surface area contributed by atoms with Gasteiger partial charge in [0.1, 0.15) is 11.4 Å². The number of hydrogen-bond acceptors (Lipinski definition) is 5. The number of carbonyl (C=O) groups excluding carboxylic acids is 2. The second-order valence-electron chi connectivity index (χ2n) is 14.5. The van der Waals surface area contributed by atoms with Gasteiger partial charge in [-0.2, -0.15) is 0 Å². The van der Waals surface area contributed by atoms with Crippen molar-refractivity contribution in [3.05, 3.63) is 69.2 Å². The van der Waals surface area contributed by atoms with Crippen LogP contribution in [0.2, 0.25) is 10.0 Å². The number of nitrogens with zero attached hydrogens (tertiary/aromatic N) is 3. The van der Waals surface area contributed by atoms with Crippen molar-refractivity contribution in [2.45, 2.75) is 97.3 Å². The predicted molar refractivity (Wildman–Crippen MR) is 180 cm³/mol. The van der Waals surface area contributed by atoms with Crippen LogP contribution in [0, 0.1) is 5.41 Å². The van der Waals surface area contributed by atoms with Gasteiger partial charge in [-0.15, -0.1) is 0 Å². The van der Waals surface area contributed by atoms with Crippen molar-refractivity contribution in [2.75, 3.05) is 19.6 Å². The topological polar surface area (TPSA) is 102 Å². The number of likely N-dealkylation sites (tertiary alicyclic amines) is 1. The van der Waals surface area contributed by atoms with Crippen molar-refractivity contribution in [3.63, 3.8) is 0 Å². The maximum Gasteiger partial charge on any atom is 0.305 e. The van der Waals surface area contributed by atoms with Crippen LogP contribution in [-0.2, 0) is 20.8 Å². The molecule has 2 aliphatic rings. The number of hydrogen-bond donors (Lipinski definition) is 2. The zero-order valence-electron chi connectivity index (χ0n) is 27.3. The molecule has 8 nitrogen and oxygen atoms in total. The lowest BCUT2D eigenvalue weighted by Crippen LogP contribution is -2.57. The van der Waals surface area contributed by atoms with Gasteiger partial charge in [0.2, 0.25) is 5.91 Å². The van der Waals surface area contributed by atoms with Crippen molar-refractivity contribution >= 4 is 46.7 Å². The number of carbonyl (C=O) groups is 3. The summed E-state index contributed by atoms with van der Waals surface area (Å²) in [6, 6.07) is 12.8. The minimum Gasteiger partial charge on any atom is -0.481 e. The lowest BCUT2D eigenvalue weighted by molar-refractivity contribution is -0.137. The molecule has 244 valence electrons. The van der Waals surface area contributed by atoms with Gasteiger partial charge < -0.3 is 15.3 Å². The smallest absolute Gasteiger partial charge is 0.305 e. The summed E-state index contributed by atoms with van der Waals surface area (Å²) in [6.07, 6.45) is 3.06. The molecule has 0 aliphatic carbocycles. The number of halogens is 2. The highest BCUT2D eigenvalue weighted by Crippen LogP contribution is 2.45. The molecule has 10 heteroatoms.